The molecular weight excluding hydrogens is 436 g/mol. The van der Waals surface area contributed by atoms with E-state index < -0.39 is 33.6 Å². The second-order valence-corrected chi connectivity index (χ2v) is 8.81. The normalized spacial score (nSPS) is 16.1. The molecule has 0 radical (unpaired) electrons. The van der Waals surface area contributed by atoms with Crippen LogP contribution >= 0.6 is 0 Å². The predicted molar refractivity (Wildman–Crippen MR) is 116 cm³/mol. The van der Waals surface area contributed by atoms with Crippen molar-refractivity contribution in [2.45, 2.75) is 17.9 Å². The number of benzene rings is 2. The van der Waals surface area contributed by atoms with Crippen LogP contribution in [0.15, 0.2) is 64.7 Å². The van der Waals surface area contributed by atoms with Crippen LogP contribution in [0.3, 0.4) is 0 Å². The largest absolute Gasteiger partial charge is 0.497 e. The van der Waals surface area contributed by atoms with E-state index >= 15 is 0 Å². The van der Waals surface area contributed by atoms with E-state index in [1.807, 2.05) is 0 Å². The van der Waals surface area contributed by atoms with Gasteiger partial charge in [0.1, 0.15) is 11.5 Å². The number of rotatable bonds is 8. The number of urea groups is 1. The van der Waals surface area contributed by atoms with Crippen molar-refractivity contribution in [3.05, 3.63) is 65.4 Å². The number of carbonyl (C=O) groups excluding carboxylic acids is 2. The van der Waals surface area contributed by atoms with Crippen LogP contribution in [-0.2, 0) is 19.4 Å². The summed E-state index contributed by atoms with van der Waals surface area (Å²) in [7, 11) is -0.937. The molecule has 9 nitrogen and oxygen atoms in total. The average molecular weight is 461 g/mol. The van der Waals surface area contributed by atoms with Gasteiger partial charge in [0.05, 0.1) is 43.1 Å². The van der Waals surface area contributed by atoms with Crippen molar-refractivity contribution in [2.24, 2.45) is 0 Å². The molecule has 0 saturated carbocycles. The molecule has 32 heavy (non-hydrogen) atoms. The SMILES string of the molecule is CCOC(=O)C1=C(CS(=O)(=O)c2ccccc2)NC(=O)N[C@H]1c1cc(OC)ccc1OC. The Morgan fingerprint density at radius 3 is 2.41 bits per heavy atom. The van der Waals surface area contributed by atoms with Crippen LogP contribution in [0.5, 0.6) is 11.5 Å². The lowest BCUT2D eigenvalue weighted by Gasteiger charge is -2.30. The third-order valence-corrected chi connectivity index (χ3v) is 6.49. The highest BCUT2D eigenvalue weighted by molar-refractivity contribution is 7.91. The maximum absolute atomic E-state index is 13.0. The summed E-state index contributed by atoms with van der Waals surface area (Å²) in [4.78, 5) is 25.5. The van der Waals surface area contributed by atoms with Crippen LogP contribution in [0.1, 0.15) is 18.5 Å². The summed E-state index contributed by atoms with van der Waals surface area (Å²) in [5.41, 5.74) is 0.322. The highest BCUT2D eigenvalue weighted by Gasteiger charge is 2.37. The van der Waals surface area contributed by atoms with Crippen molar-refractivity contribution >= 4 is 21.8 Å². The number of methoxy groups -OCH3 is 2. The lowest BCUT2D eigenvalue weighted by atomic mass is 9.94. The Hall–Kier alpha value is -3.53. The van der Waals surface area contributed by atoms with E-state index in [4.69, 9.17) is 14.2 Å². The Morgan fingerprint density at radius 2 is 1.78 bits per heavy atom. The van der Waals surface area contributed by atoms with Crippen LogP contribution < -0.4 is 20.1 Å². The van der Waals surface area contributed by atoms with Crippen molar-refractivity contribution in [1.82, 2.24) is 10.6 Å². The van der Waals surface area contributed by atoms with Crippen LogP contribution in [0.4, 0.5) is 4.79 Å². The number of nitrogens with one attached hydrogen (secondary N) is 2. The van der Waals surface area contributed by atoms with Crippen LogP contribution in [0.25, 0.3) is 0 Å². The molecule has 2 N–H and O–H groups in total. The van der Waals surface area contributed by atoms with Gasteiger partial charge in [-0.05, 0) is 37.3 Å². The first-order valence-corrected chi connectivity index (χ1v) is 11.4. The molecule has 3 rings (SSSR count). The third-order valence-electron chi connectivity index (χ3n) is 4.83. The molecule has 2 aromatic rings. The van der Waals surface area contributed by atoms with Gasteiger partial charge in [-0.1, -0.05) is 18.2 Å². The molecule has 0 saturated heterocycles. The van der Waals surface area contributed by atoms with E-state index in [1.54, 1.807) is 43.3 Å². The quantitative estimate of drug-likeness (QED) is 0.580. The Morgan fingerprint density at radius 1 is 1.06 bits per heavy atom. The molecule has 1 heterocycles. The van der Waals surface area contributed by atoms with Crippen LogP contribution in [0.2, 0.25) is 0 Å². The number of carbonyl (C=O) groups is 2. The van der Waals surface area contributed by atoms with E-state index in [1.165, 1.54) is 26.4 Å². The smallest absolute Gasteiger partial charge is 0.338 e. The molecule has 1 aliphatic rings. The molecule has 0 bridgehead atoms. The molecule has 0 spiro atoms. The Bertz CT molecular complexity index is 1140. The molecule has 10 heteroatoms. The second-order valence-electron chi connectivity index (χ2n) is 6.82. The lowest BCUT2D eigenvalue weighted by Crippen LogP contribution is -2.47. The highest BCUT2D eigenvalue weighted by atomic mass is 32.2. The van der Waals surface area contributed by atoms with Crippen molar-refractivity contribution < 1.29 is 32.2 Å². The van der Waals surface area contributed by atoms with Gasteiger partial charge in [0, 0.05) is 11.3 Å². The topological polar surface area (TPSA) is 120 Å². The standard InChI is InChI=1S/C22H24N2O7S/c1-4-31-21(25)19-17(13-32(27,28)15-8-6-5-7-9-15)23-22(26)24-20(19)16-12-14(29-2)10-11-18(16)30-3/h5-12,20H,4,13H2,1-3H3,(H2,23,24,26)/t20-/m0/s1. The molecule has 2 aromatic carbocycles. The van der Waals surface area contributed by atoms with E-state index in [2.05, 4.69) is 10.6 Å². The van der Waals surface area contributed by atoms with E-state index in [-0.39, 0.29) is 22.8 Å². The molecule has 0 fully saturated rings. The molecule has 2 amide bonds. The average Bonchev–Trinajstić information content (AvgIpc) is 2.78. The van der Waals surface area contributed by atoms with Crippen molar-refractivity contribution in [3.63, 3.8) is 0 Å². The van der Waals surface area contributed by atoms with Gasteiger partial charge in [-0.3, -0.25) is 0 Å². The monoisotopic (exact) mass is 460 g/mol. The molecular formula is C22H24N2O7S. The minimum absolute atomic E-state index is 0.0301. The fourth-order valence-corrected chi connectivity index (χ4v) is 4.73. The van der Waals surface area contributed by atoms with Gasteiger partial charge in [-0.15, -0.1) is 0 Å². The zero-order valence-electron chi connectivity index (χ0n) is 17.9. The van der Waals surface area contributed by atoms with E-state index in [9.17, 15) is 18.0 Å². The Kier molecular flexibility index (Phi) is 7.04. The second kappa shape index (κ2) is 9.73. The number of esters is 1. The molecule has 0 unspecified atom stereocenters. The summed E-state index contributed by atoms with van der Waals surface area (Å²) in [5, 5.41) is 5.14. The molecule has 170 valence electrons. The summed E-state index contributed by atoms with van der Waals surface area (Å²) in [6, 6.07) is 11.0. The zero-order chi connectivity index (χ0) is 23.3. The third kappa shape index (κ3) is 4.86. The minimum atomic E-state index is -3.86. The van der Waals surface area contributed by atoms with Crippen molar-refractivity contribution in [2.75, 3.05) is 26.6 Å². The maximum Gasteiger partial charge on any atom is 0.338 e. The first-order chi connectivity index (χ1) is 15.3. The number of ether oxygens (including phenoxy) is 3. The first-order valence-electron chi connectivity index (χ1n) is 9.78. The Labute approximate surface area is 186 Å². The number of sulfone groups is 1. The van der Waals surface area contributed by atoms with Gasteiger partial charge in [-0.2, -0.15) is 0 Å². The summed E-state index contributed by atoms with van der Waals surface area (Å²) >= 11 is 0. The lowest BCUT2D eigenvalue weighted by molar-refractivity contribution is -0.139. The Balaban J connectivity index is 2.17. The van der Waals surface area contributed by atoms with Crippen molar-refractivity contribution in [1.29, 1.82) is 0 Å². The van der Waals surface area contributed by atoms with Crippen molar-refractivity contribution in [3.8, 4) is 11.5 Å². The zero-order valence-corrected chi connectivity index (χ0v) is 18.7. The highest BCUT2D eigenvalue weighted by Crippen LogP contribution is 2.36. The molecule has 1 aliphatic heterocycles. The van der Waals surface area contributed by atoms with Gasteiger partial charge in [0.25, 0.3) is 0 Å². The van der Waals surface area contributed by atoms with E-state index in [0.717, 1.165) is 0 Å². The van der Waals surface area contributed by atoms with Gasteiger partial charge in [-0.25, -0.2) is 18.0 Å². The van der Waals surface area contributed by atoms with Gasteiger partial charge in [0.2, 0.25) is 0 Å². The molecule has 1 atom stereocenters. The number of hydrogen-bond acceptors (Lipinski definition) is 7. The van der Waals surface area contributed by atoms with E-state index in [0.29, 0.717) is 17.1 Å². The fourth-order valence-electron chi connectivity index (χ4n) is 3.38. The summed E-state index contributed by atoms with van der Waals surface area (Å²) in [5.74, 6) is -0.505. The maximum atomic E-state index is 13.0. The van der Waals surface area contributed by atoms with Crippen LogP contribution in [0, 0.1) is 0 Å². The van der Waals surface area contributed by atoms with Gasteiger partial charge in [0.15, 0.2) is 9.84 Å². The predicted octanol–water partition coefficient (Wildman–Crippen LogP) is 2.35. The number of hydrogen-bond donors (Lipinski definition) is 2. The van der Waals surface area contributed by atoms with Crippen LogP contribution in [-0.4, -0.2) is 47.0 Å². The molecule has 0 aliphatic carbocycles. The summed E-state index contributed by atoms with van der Waals surface area (Å²) < 4.78 is 41.9. The van der Waals surface area contributed by atoms with Gasteiger partial charge < -0.3 is 24.8 Å². The number of amides is 2. The molecule has 0 aromatic heterocycles. The minimum Gasteiger partial charge on any atom is -0.497 e. The fraction of sp³-hybridized carbons (Fsp3) is 0.273. The first kappa shape index (κ1) is 23.1. The van der Waals surface area contributed by atoms with Gasteiger partial charge >= 0.3 is 12.0 Å². The summed E-state index contributed by atoms with van der Waals surface area (Å²) in [6.07, 6.45) is 0. The summed E-state index contributed by atoms with van der Waals surface area (Å²) in [6.45, 7) is 1.70.